The van der Waals surface area contributed by atoms with E-state index < -0.39 is 0 Å². The van der Waals surface area contributed by atoms with Gasteiger partial charge < -0.3 is 0 Å². The highest BCUT2D eigenvalue weighted by Gasteiger charge is 1.74. The molecule has 0 spiro atoms. The van der Waals surface area contributed by atoms with Crippen molar-refractivity contribution in [2.75, 3.05) is 0 Å². The Bertz CT molecular complexity index is 204. The fourth-order valence-electron chi connectivity index (χ4n) is 0.968. The van der Waals surface area contributed by atoms with Crippen LogP contribution in [0.3, 0.4) is 0 Å². The first-order valence-corrected chi connectivity index (χ1v) is 5.56. The van der Waals surface area contributed by atoms with E-state index in [4.69, 9.17) is 0 Å². The van der Waals surface area contributed by atoms with Crippen molar-refractivity contribution in [2.24, 2.45) is 0 Å². The van der Waals surface area contributed by atoms with Gasteiger partial charge in [-0.2, -0.15) is 0 Å². The lowest BCUT2D eigenvalue weighted by atomic mass is 10.2. The van der Waals surface area contributed by atoms with E-state index in [9.17, 15) is 0 Å². The minimum atomic E-state index is 1.10. The predicted octanol–water partition coefficient (Wildman–Crippen LogP) is 4.81. The Hall–Kier alpha value is -1.04. The van der Waals surface area contributed by atoms with Crippen LogP contribution in [-0.2, 0) is 0 Å². The zero-order valence-electron chi connectivity index (χ0n) is 9.45. The second kappa shape index (κ2) is 12.0. The third-order valence-electron chi connectivity index (χ3n) is 1.79. The molecule has 0 aliphatic heterocycles. The third kappa shape index (κ3) is 11.0. The Morgan fingerprint density at radius 1 is 0.714 bits per heavy atom. The molecule has 0 fully saturated rings. The molecule has 0 aliphatic carbocycles. The van der Waals surface area contributed by atoms with Crippen LogP contribution in [-0.4, -0.2) is 0 Å². The van der Waals surface area contributed by atoms with E-state index in [-0.39, 0.29) is 0 Å². The van der Waals surface area contributed by atoms with Gasteiger partial charge >= 0.3 is 0 Å². The largest absolute Gasteiger partial charge is 0.0848 e. The highest BCUT2D eigenvalue weighted by atomic mass is 13.8. The quantitative estimate of drug-likeness (QED) is 0.399. The molecule has 0 atom stereocenters. The maximum Gasteiger partial charge on any atom is -0.0348 e. The maximum atomic E-state index is 2.22. The average Bonchev–Trinajstić information content (AvgIpc) is 2.21. The average molecular weight is 190 g/mol. The summed E-state index contributed by atoms with van der Waals surface area (Å²) in [5, 5.41) is 0. The topological polar surface area (TPSA) is 0 Å². The Balaban J connectivity index is 3.47. The van der Waals surface area contributed by atoms with E-state index in [1.807, 2.05) is 0 Å². The number of hydrogen-bond donors (Lipinski definition) is 0. The van der Waals surface area contributed by atoms with E-state index in [1.165, 1.54) is 19.3 Å². The first-order chi connectivity index (χ1) is 6.91. The van der Waals surface area contributed by atoms with Gasteiger partial charge in [0.25, 0.3) is 0 Å². The highest BCUT2D eigenvalue weighted by Crippen LogP contribution is 1.94. The van der Waals surface area contributed by atoms with Crippen LogP contribution in [0.5, 0.6) is 0 Å². The van der Waals surface area contributed by atoms with Gasteiger partial charge in [-0.15, -0.1) is 0 Å². The molecular weight excluding hydrogens is 168 g/mol. The summed E-state index contributed by atoms with van der Waals surface area (Å²) >= 11 is 0. The van der Waals surface area contributed by atoms with E-state index in [0.717, 1.165) is 6.42 Å². The highest BCUT2D eigenvalue weighted by molar-refractivity contribution is 5.15. The van der Waals surface area contributed by atoms with Crippen LogP contribution in [0.2, 0.25) is 0 Å². The molecule has 0 bridgehead atoms. The number of allylic oxidation sites excluding steroid dienone is 8. The van der Waals surface area contributed by atoms with E-state index in [0.29, 0.717) is 0 Å². The van der Waals surface area contributed by atoms with Crippen molar-refractivity contribution in [3.05, 3.63) is 48.6 Å². The summed E-state index contributed by atoms with van der Waals surface area (Å²) in [7, 11) is 0. The lowest BCUT2D eigenvalue weighted by Crippen LogP contribution is -1.64. The molecule has 0 rings (SSSR count). The molecule has 0 heteroatoms. The molecule has 0 aromatic carbocycles. The standard InChI is InChI=1S/C14H22/c1-3-5-7-9-11-13-14-12-10-8-6-4-2/h5,7,9-14H,3-4,6,8H2,1-2H3/b7-5+,11-9+,12-10+,14-13+. The van der Waals surface area contributed by atoms with Crippen molar-refractivity contribution in [3.63, 3.8) is 0 Å². The van der Waals surface area contributed by atoms with Gasteiger partial charge in [-0.25, -0.2) is 0 Å². The number of rotatable bonds is 7. The summed E-state index contributed by atoms with van der Waals surface area (Å²) in [6.45, 7) is 4.35. The lowest BCUT2D eigenvalue weighted by molar-refractivity contribution is 0.815. The summed E-state index contributed by atoms with van der Waals surface area (Å²) in [5.41, 5.74) is 0. The molecule has 14 heavy (non-hydrogen) atoms. The molecular formula is C14H22. The summed E-state index contributed by atoms with van der Waals surface area (Å²) in [6, 6.07) is 0. The van der Waals surface area contributed by atoms with Gasteiger partial charge in [0.05, 0.1) is 0 Å². The zero-order valence-corrected chi connectivity index (χ0v) is 9.45. The van der Waals surface area contributed by atoms with Crippen molar-refractivity contribution in [1.82, 2.24) is 0 Å². The van der Waals surface area contributed by atoms with Crippen LogP contribution in [0.4, 0.5) is 0 Å². The smallest absolute Gasteiger partial charge is 0.0348 e. The molecule has 0 N–H and O–H groups in total. The van der Waals surface area contributed by atoms with Gasteiger partial charge in [0.15, 0.2) is 0 Å². The molecule has 0 aliphatic rings. The van der Waals surface area contributed by atoms with Gasteiger partial charge in [0, 0.05) is 0 Å². The van der Waals surface area contributed by atoms with Gasteiger partial charge in [0.1, 0.15) is 0 Å². The third-order valence-corrected chi connectivity index (χ3v) is 1.79. The van der Waals surface area contributed by atoms with Crippen LogP contribution >= 0.6 is 0 Å². The van der Waals surface area contributed by atoms with Crippen LogP contribution in [0.1, 0.15) is 39.5 Å². The zero-order chi connectivity index (χ0) is 10.5. The number of unbranched alkanes of at least 4 members (excludes halogenated alkanes) is 2. The van der Waals surface area contributed by atoms with Crippen molar-refractivity contribution >= 4 is 0 Å². The Morgan fingerprint density at radius 2 is 1.29 bits per heavy atom. The Morgan fingerprint density at radius 3 is 1.86 bits per heavy atom. The van der Waals surface area contributed by atoms with Gasteiger partial charge in [-0.3, -0.25) is 0 Å². The molecule has 0 unspecified atom stereocenters. The van der Waals surface area contributed by atoms with Gasteiger partial charge in [0.2, 0.25) is 0 Å². The second-order valence-electron chi connectivity index (χ2n) is 3.18. The number of hydrogen-bond acceptors (Lipinski definition) is 0. The molecule has 78 valence electrons. The van der Waals surface area contributed by atoms with E-state index >= 15 is 0 Å². The SMILES string of the molecule is CC/C=C/C=C/C=C/C=C/CCCC. The molecule has 0 nitrogen and oxygen atoms in total. The maximum absolute atomic E-state index is 2.22. The fourth-order valence-corrected chi connectivity index (χ4v) is 0.968. The van der Waals surface area contributed by atoms with Gasteiger partial charge in [-0.05, 0) is 12.8 Å². The Labute approximate surface area is 88.7 Å². The van der Waals surface area contributed by atoms with Gasteiger partial charge in [-0.1, -0.05) is 75.3 Å². The molecule has 0 saturated heterocycles. The summed E-state index contributed by atoms with van der Waals surface area (Å²) in [5.74, 6) is 0. The monoisotopic (exact) mass is 190 g/mol. The molecule has 0 amide bonds. The summed E-state index contributed by atoms with van der Waals surface area (Å²) in [6.07, 6.45) is 21.6. The molecule has 0 aromatic heterocycles. The molecule has 0 heterocycles. The van der Waals surface area contributed by atoms with Crippen LogP contribution in [0.15, 0.2) is 48.6 Å². The van der Waals surface area contributed by atoms with Crippen molar-refractivity contribution in [3.8, 4) is 0 Å². The molecule has 0 aromatic rings. The van der Waals surface area contributed by atoms with Crippen molar-refractivity contribution < 1.29 is 0 Å². The fraction of sp³-hybridized carbons (Fsp3) is 0.429. The van der Waals surface area contributed by atoms with Crippen LogP contribution < -0.4 is 0 Å². The first kappa shape index (κ1) is 13.0. The minimum Gasteiger partial charge on any atom is -0.0848 e. The van der Waals surface area contributed by atoms with Crippen LogP contribution in [0, 0.1) is 0 Å². The van der Waals surface area contributed by atoms with Crippen molar-refractivity contribution in [1.29, 1.82) is 0 Å². The summed E-state index contributed by atoms with van der Waals surface area (Å²) < 4.78 is 0. The first-order valence-electron chi connectivity index (χ1n) is 5.56. The van der Waals surface area contributed by atoms with E-state index in [2.05, 4.69) is 62.5 Å². The normalized spacial score (nSPS) is 13.0. The van der Waals surface area contributed by atoms with Crippen LogP contribution in [0.25, 0.3) is 0 Å². The summed E-state index contributed by atoms with van der Waals surface area (Å²) in [4.78, 5) is 0. The van der Waals surface area contributed by atoms with E-state index in [1.54, 1.807) is 0 Å². The minimum absolute atomic E-state index is 1.10. The lowest BCUT2D eigenvalue weighted by Gasteiger charge is -1.85. The molecule has 0 saturated carbocycles. The second-order valence-corrected chi connectivity index (χ2v) is 3.18. The van der Waals surface area contributed by atoms with Crippen molar-refractivity contribution in [2.45, 2.75) is 39.5 Å². The molecule has 0 radical (unpaired) electrons. The Kier molecular flexibility index (Phi) is 11.1. The predicted molar refractivity (Wildman–Crippen MR) is 66.4 cm³/mol.